The lowest BCUT2D eigenvalue weighted by molar-refractivity contribution is -0.000550. The summed E-state index contributed by atoms with van der Waals surface area (Å²) in [5.41, 5.74) is 4.73. The van der Waals surface area contributed by atoms with Crippen molar-refractivity contribution in [3.63, 3.8) is 0 Å². The van der Waals surface area contributed by atoms with Gasteiger partial charge in [-0.3, -0.25) is 14.4 Å². The van der Waals surface area contributed by atoms with Crippen LogP contribution >= 0.6 is 22.7 Å². The van der Waals surface area contributed by atoms with Crippen molar-refractivity contribution in [2.45, 2.75) is 32.3 Å². The second-order valence-corrected chi connectivity index (χ2v) is 16.1. The quantitative estimate of drug-likeness (QED) is 0.184. The molecule has 276 valence electrons. The molecule has 1 spiro atoms. The molecule has 0 saturated carbocycles. The van der Waals surface area contributed by atoms with Gasteiger partial charge in [-0.1, -0.05) is 6.07 Å². The van der Waals surface area contributed by atoms with E-state index >= 15 is 0 Å². The first-order valence-electron chi connectivity index (χ1n) is 17.9. The van der Waals surface area contributed by atoms with Crippen molar-refractivity contribution < 1.29 is 32.6 Å². The lowest BCUT2D eigenvalue weighted by atomic mass is 9.73. The van der Waals surface area contributed by atoms with E-state index in [1.165, 1.54) is 28.7 Å². The van der Waals surface area contributed by atoms with Crippen molar-refractivity contribution in [3.05, 3.63) is 111 Å². The van der Waals surface area contributed by atoms with Crippen LogP contribution in [-0.4, -0.2) is 62.2 Å². The molecule has 0 unspecified atom stereocenters. The second kappa shape index (κ2) is 14.0. The largest absolute Gasteiger partial charge is 0.381 e. The van der Waals surface area contributed by atoms with Crippen molar-refractivity contribution in [2.75, 3.05) is 59.9 Å². The molecule has 2 N–H and O–H groups in total. The van der Waals surface area contributed by atoms with Crippen LogP contribution in [0.25, 0.3) is 9.75 Å². The Morgan fingerprint density at radius 2 is 1.61 bits per heavy atom. The highest BCUT2D eigenvalue weighted by molar-refractivity contribution is 7.23. The SMILES string of the molecule is O=C(Nc1c(F)cccc1F)c1cc2c(s1)-c1sccc1N(C(=O)c1ccc(NC(=O)c3cc4c(nc3N3CC5(CCOCC5)C3)CCOC4)cc1)CC2. The fourth-order valence-electron chi connectivity index (χ4n) is 7.73. The van der Waals surface area contributed by atoms with E-state index in [-0.39, 0.29) is 17.2 Å². The molecule has 0 bridgehead atoms. The summed E-state index contributed by atoms with van der Waals surface area (Å²) < 4.78 is 39.7. The highest BCUT2D eigenvalue weighted by atomic mass is 32.1. The number of halogens is 2. The Morgan fingerprint density at radius 3 is 2.39 bits per heavy atom. The zero-order chi connectivity index (χ0) is 37.0. The molecule has 5 aromatic rings. The van der Waals surface area contributed by atoms with Crippen LogP contribution in [0, 0.1) is 17.0 Å². The van der Waals surface area contributed by atoms with Crippen molar-refractivity contribution in [3.8, 4) is 9.75 Å². The van der Waals surface area contributed by atoms with E-state index in [4.69, 9.17) is 14.5 Å². The van der Waals surface area contributed by atoms with Gasteiger partial charge < -0.3 is 29.9 Å². The highest BCUT2D eigenvalue weighted by Gasteiger charge is 2.45. The number of thiophene rings is 2. The summed E-state index contributed by atoms with van der Waals surface area (Å²) in [5.74, 6) is -2.08. The summed E-state index contributed by atoms with van der Waals surface area (Å²) in [6.45, 7) is 4.61. The van der Waals surface area contributed by atoms with Crippen LogP contribution in [-0.2, 0) is 28.9 Å². The summed E-state index contributed by atoms with van der Waals surface area (Å²) in [7, 11) is 0. The summed E-state index contributed by atoms with van der Waals surface area (Å²) >= 11 is 2.68. The molecule has 2 saturated heterocycles. The average Bonchev–Trinajstić information content (AvgIpc) is 3.80. The number of fused-ring (bicyclic) bond motifs is 4. The first-order chi connectivity index (χ1) is 26.2. The van der Waals surface area contributed by atoms with Gasteiger partial charge >= 0.3 is 0 Å². The number of amides is 3. The lowest BCUT2D eigenvalue weighted by Crippen LogP contribution is -2.59. The van der Waals surface area contributed by atoms with E-state index in [0.29, 0.717) is 60.1 Å². The summed E-state index contributed by atoms with van der Waals surface area (Å²) in [6, 6.07) is 15.8. The number of hydrogen-bond donors (Lipinski definition) is 2. The van der Waals surface area contributed by atoms with Crippen LogP contribution < -0.4 is 20.4 Å². The average molecular weight is 768 g/mol. The van der Waals surface area contributed by atoms with Crippen molar-refractivity contribution in [2.24, 2.45) is 5.41 Å². The van der Waals surface area contributed by atoms with Gasteiger partial charge in [-0.25, -0.2) is 13.8 Å². The molecule has 54 heavy (non-hydrogen) atoms. The topological polar surface area (TPSA) is 113 Å². The number of carbonyl (C=O) groups is 3. The number of nitrogens with one attached hydrogen (secondary N) is 2. The van der Waals surface area contributed by atoms with E-state index in [9.17, 15) is 23.2 Å². The Balaban J connectivity index is 0.907. The summed E-state index contributed by atoms with van der Waals surface area (Å²) in [4.78, 5) is 51.8. The van der Waals surface area contributed by atoms with E-state index in [2.05, 4.69) is 15.5 Å². The number of rotatable bonds is 6. The second-order valence-electron chi connectivity index (χ2n) is 14.1. The lowest BCUT2D eigenvalue weighted by Gasteiger charge is -2.53. The van der Waals surface area contributed by atoms with Gasteiger partial charge in [0.1, 0.15) is 23.1 Å². The fraction of sp³-hybridized carbons (Fsp3) is 0.300. The molecular formula is C40H35F2N5O5S2. The standard InChI is InChI=1S/C40H35F2N5O5S2/c41-28-2-1-3-29(42)33(28)45-38(49)32-19-24-8-13-47(31-10-17-53-35(31)34(24)54-32)39(50)23-4-6-26(7-5-23)43-37(48)27-18-25-20-52-14-9-30(25)44-36(27)46-21-40(22-46)11-15-51-16-12-40/h1-7,10,17-19H,8-9,11-16,20-22H2,(H,43,48)(H,45,49). The normalized spacial score (nSPS) is 17.1. The van der Waals surface area contributed by atoms with Gasteiger partial charge in [-0.2, -0.15) is 0 Å². The maximum Gasteiger partial charge on any atom is 0.265 e. The number of benzene rings is 2. The Hall–Kier alpha value is -5.02. The fourth-order valence-corrected chi connectivity index (χ4v) is 9.92. The van der Waals surface area contributed by atoms with Gasteiger partial charge in [0.25, 0.3) is 17.7 Å². The molecule has 0 atom stereocenters. The van der Waals surface area contributed by atoms with Gasteiger partial charge in [-0.05, 0) is 84.8 Å². The highest BCUT2D eigenvalue weighted by Crippen LogP contribution is 2.46. The van der Waals surface area contributed by atoms with Crippen molar-refractivity contribution in [1.29, 1.82) is 0 Å². The Morgan fingerprint density at radius 1 is 0.833 bits per heavy atom. The molecule has 9 rings (SSSR count). The number of aromatic nitrogens is 1. The zero-order valence-electron chi connectivity index (χ0n) is 29.1. The maximum atomic E-state index is 14.2. The minimum Gasteiger partial charge on any atom is -0.381 e. The minimum absolute atomic E-state index is 0.198. The van der Waals surface area contributed by atoms with Crippen LogP contribution in [0.2, 0.25) is 0 Å². The third-order valence-electron chi connectivity index (χ3n) is 10.7. The number of ether oxygens (including phenoxy) is 2. The van der Waals surface area contributed by atoms with E-state index < -0.39 is 23.2 Å². The van der Waals surface area contributed by atoms with Gasteiger partial charge in [-0.15, -0.1) is 22.7 Å². The third kappa shape index (κ3) is 6.36. The molecule has 3 amide bonds. The molecule has 3 aromatic heterocycles. The zero-order valence-corrected chi connectivity index (χ0v) is 30.7. The molecule has 14 heteroatoms. The summed E-state index contributed by atoms with van der Waals surface area (Å²) in [5, 5.41) is 7.29. The molecule has 7 heterocycles. The van der Waals surface area contributed by atoms with Gasteiger partial charge in [0, 0.05) is 61.5 Å². The van der Waals surface area contributed by atoms with Crippen LogP contribution in [0.3, 0.4) is 0 Å². The Bertz CT molecular complexity index is 2270. The van der Waals surface area contributed by atoms with Crippen LogP contribution in [0.1, 0.15) is 60.1 Å². The first-order valence-corrected chi connectivity index (χ1v) is 19.6. The van der Waals surface area contributed by atoms with Gasteiger partial charge in [0.15, 0.2) is 0 Å². The molecule has 10 nitrogen and oxygen atoms in total. The van der Waals surface area contributed by atoms with Crippen molar-refractivity contribution >= 4 is 63.3 Å². The predicted molar refractivity (Wildman–Crippen MR) is 204 cm³/mol. The van der Waals surface area contributed by atoms with Crippen molar-refractivity contribution in [1.82, 2.24) is 4.98 Å². The van der Waals surface area contributed by atoms with E-state index in [0.717, 1.165) is 83.5 Å². The summed E-state index contributed by atoms with van der Waals surface area (Å²) in [6.07, 6.45) is 3.21. The monoisotopic (exact) mass is 767 g/mol. The maximum absolute atomic E-state index is 14.2. The molecular weight excluding hydrogens is 733 g/mol. The number of pyridine rings is 1. The number of hydrogen-bond acceptors (Lipinski definition) is 9. The van der Waals surface area contributed by atoms with Crippen LogP contribution in [0.5, 0.6) is 0 Å². The number of carbonyl (C=O) groups excluding carboxylic acids is 3. The predicted octanol–water partition coefficient (Wildman–Crippen LogP) is 7.55. The van der Waals surface area contributed by atoms with Gasteiger partial charge in [0.05, 0.1) is 44.8 Å². The van der Waals surface area contributed by atoms with E-state index in [1.54, 1.807) is 35.2 Å². The molecule has 4 aliphatic rings. The third-order valence-corrected chi connectivity index (χ3v) is 12.9. The van der Waals surface area contributed by atoms with Crippen LogP contribution in [0.4, 0.5) is 31.7 Å². The van der Waals surface area contributed by atoms with Gasteiger partial charge in [0.2, 0.25) is 0 Å². The molecule has 0 aliphatic carbocycles. The molecule has 4 aliphatic heterocycles. The molecule has 2 fully saturated rings. The van der Waals surface area contributed by atoms with Crippen LogP contribution in [0.15, 0.2) is 66.0 Å². The number of anilines is 4. The molecule has 2 aromatic carbocycles. The number of para-hydroxylation sites is 1. The minimum atomic E-state index is -0.853. The van der Waals surface area contributed by atoms with E-state index in [1.807, 2.05) is 17.5 Å². The first kappa shape index (κ1) is 34.7. The molecule has 0 radical (unpaired) electrons. The number of nitrogens with zero attached hydrogens (tertiary/aromatic N) is 3. The Labute approximate surface area is 317 Å². The Kier molecular flexibility index (Phi) is 9.00. The smallest absolute Gasteiger partial charge is 0.265 e.